The summed E-state index contributed by atoms with van der Waals surface area (Å²) in [4.78, 5) is 39.2. The molecule has 37 heavy (non-hydrogen) atoms. The molecule has 3 aromatic rings. The molecular formula is C28H26ClN5O3. The smallest absolute Gasteiger partial charge is 0.258 e. The summed E-state index contributed by atoms with van der Waals surface area (Å²) in [7, 11) is 0. The Bertz CT molecular complexity index is 1390. The van der Waals surface area contributed by atoms with Crippen LogP contribution >= 0.6 is 11.6 Å². The van der Waals surface area contributed by atoms with Crippen LogP contribution in [-0.4, -0.2) is 48.8 Å². The first-order valence-electron chi connectivity index (χ1n) is 12.0. The van der Waals surface area contributed by atoms with Crippen LogP contribution in [0.3, 0.4) is 0 Å². The van der Waals surface area contributed by atoms with Crippen LogP contribution in [0.1, 0.15) is 28.4 Å². The molecule has 188 valence electrons. The molecule has 2 heterocycles. The minimum absolute atomic E-state index is 0.00108. The van der Waals surface area contributed by atoms with Crippen LogP contribution in [0.2, 0.25) is 5.02 Å². The van der Waals surface area contributed by atoms with Crippen LogP contribution < -0.4 is 21.3 Å². The van der Waals surface area contributed by atoms with E-state index in [1.165, 1.54) is 6.92 Å². The van der Waals surface area contributed by atoms with Crippen LogP contribution in [0, 0.1) is 0 Å². The molecular weight excluding hydrogens is 490 g/mol. The first-order valence-corrected chi connectivity index (χ1v) is 12.4. The third-order valence-electron chi connectivity index (χ3n) is 6.28. The second kappa shape index (κ2) is 10.5. The number of carbonyl (C=O) groups is 3. The maximum atomic E-state index is 13.1. The number of carbonyl (C=O) groups excluding carboxylic acids is 3. The molecule has 0 bridgehead atoms. The highest BCUT2D eigenvalue weighted by Crippen LogP contribution is 2.39. The molecule has 4 N–H and O–H groups in total. The van der Waals surface area contributed by atoms with Gasteiger partial charge in [-0.3, -0.25) is 14.4 Å². The Morgan fingerprint density at radius 3 is 2.14 bits per heavy atom. The second-order valence-electron chi connectivity index (χ2n) is 8.90. The van der Waals surface area contributed by atoms with Gasteiger partial charge in [0.15, 0.2) is 0 Å². The number of rotatable bonds is 5. The van der Waals surface area contributed by atoms with Crippen molar-refractivity contribution in [2.45, 2.75) is 6.92 Å². The van der Waals surface area contributed by atoms with Crippen molar-refractivity contribution < 1.29 is 14.4 Å². The summed E-state index contributed by atoms with van der Waals surface area (Å²) in [6.07, 6.45) is 0. The lowest BCUT2D eigenvalue weighted by atomic mass is 9.99. The minimum atomic E-state index is -0.254. The average Bonchev–Trinajstić information content (AvgIpc) is 3.22. The number of amides is 3. The molecule has 0 aromatic heterocycles. The van der Waals surface area contributed by atoms with Crippen molar-refractivity contribution in [1.29, 1.82) is 0 Å². The fourth-order valence-corrected chi connectivity index (χ4v) is 4.66. The van der Waals surface area contributed by atoms with E-state index < -0.39 is 0 Å². The van der Waals surface area contributed by atoms with Gasteiger partial charge in [0.1, 0.15) is 0 Å². The highest BCUT2D eigenvalue weighted by Gasteiger charge is 2.29. The van der Waals surface area contributed by atoms with Gasteiger partial charge >= 0.3 is 0 Å². The minimum Gasteiger partial charge on any atom is -0.354 e. The number of piperazine rings is 1. The number of hydrogen-bond acceptors (Lipinski definition) is 5. The van der Waals surface area contributed by atoms with Crippen molar-refractivity contribution >= 4 is 57.7 Å². The molecule has 0 saturated carbocycles. The van der Waals surface area contributed by atoms with Crippen LogP contribution in [0.4, 0.5) is 17.1 Å². The standard InChI is InChI=1S/C28H26ClN5O3/c1-17(35)31-21-7-2-18(3-8-21)26(25-23-11-6-20(29)16-24(23)33-27(25)36)32-22-9-4-19(5-10-22)28(37)34-14-12-30-13-15-34/h2-11,16,30,32H,12-15H2,1H3,(H,31,35)(H,33,36)/b26-25-. The first kappa shape index (κ1) is 24.5. The largest absolute Gasteiger partial charge is 0.354 e. The van der Waals surface area contributed by atoms with E-state index in [9.17, 15) is 14.4 Å². The predicted octanol–water partition coefficient (Wildman–Crippen LogP) is 4.28. The number of hydrogen-bond donors (Lipinski definition) is 4. The first-order chi connectivity index (χ1) is 17.9. The van der Waals surface area contributed by atoms with Gasteiger partial charge in [0.05, 0.1) is 17.0 Å². The zero-order chi connectivity index (χ0) is 25.9. The van der Waals surface area contributed by atoms with Gasteiger partial charge in [0.25, 0.3) is 11.8 Å². The zero-order valence-electron chi connectivity index (χ0n) is 20.2. The fraction of sp³-hybridized carbons (Fsp3) is 0.179. The van der Waals surface area contributed by atoms with Gasteiger partial charge in [0.2, 0.25) is 5.91 Å². The zero-order valence-corrected chi connectivity index (χ0v) is 21.0. The highest BCUT2D eigenvalue weighted by atomic mass is 35.5. The Balaban J connectivity index is 1.50. The van der Waals surface area contributed by atoms with Gasteiger partial charge in [-0.2, -0.15) is 0 Å². The predicted molar refractivity (Wildman–Crippen MR) is 146 cm³/mol. The molecule has 5 rings (SSSR count). The van der Waals surface area contributed by atoms with E-state index in [1.807, 2.05) is 35.2 Å². The molecule has 2 aliphatic heterocycles. The van der Waals surface area contributed by atoms with Crippen molar-refractivity contribution in [3.05, 3.63) is 88.4 Å². The van der Waals surface area contributed by atoms with Crippen molar-refractivity contribution in [2.24, 2.45) is 0 Å². The summed E-state index contributed by atoms with van der Waals surface area (Å²) in [5, 5.41) is 12.8. The molecule has 0 atom stereocenters. The van der Waals surface area contributed by atoms with E-state index in [4.69, 9.17) is 11.6 Å². The molecule has 0 radical (unpaired) electrons. The van der Waals surface area contributed by atoms with Crippen molar-refractivity contribution in [1.82, 2.24) is 10.2 Å². The quantitative estimate of drug-likeness (QED) is 0.380. The molecule has 0 unspecified atom stereocenters. The molecule has 0 spiro atoms. The molecule has 2 aliphatic rings. The number of anilines is 3. The Kier molecular flexibility index (Phi) is 6.94. The fourth-order valence-electron chi connectivity index (χ4n) is 4.49. The van der Waals surface area contributed by atoms with Crippen LogP contribution in [0.15, 0.2) is 66.7 Å². The molecule has 1 fully saturated rings. The van der Waals surface area contributed by atoms with Gasteiger partial charge < -0.3 is 26.2 Å². The van der Waals surface area contributed by atoms with Gasteiger partial charge in [-0.25, -0.2) is 0 Å². The van der Waals surface area contributed by atoms with E-state index in [-0.39, 0.29) is 17.7 Å². The summed E-state index contributed by atoms with van der Waals surface area (Å²) in [6.45, 7) is 4.39. The van der Waals surface area contributed by atoms with Gasteiger partial charge in [-0.05, 0) is 54.1 Å². The van der Waals surface area contributed by atoms with Crippen LogP contribution in [0.25, 0.3) is 11.3 Å². The normalized spacial score (nSPS) is 16.1. The lowest BCUT2D eigenvalue weighted by molar-refractivity contribution is -0.114. The Morgan fingerprint density at radius 1 is 0.865 bits per heavy atom. The molecule has 1 saturated heterocycles. The Morgan fingerprint density at radius 2 is 1.49 bits per heavy atom. The summed E-state index contributed by atoms with van der Waals surface area (Å²) < 4.78 is 0. The summed E-state index contributed by atoms with van der Waals surface area (Å²) >= 11 is 6.15. The van der Waals surface area contributed by atoms with Gasteiger partial charge in [-0.15, -0.1) is 0 Å². The maximum absolute atomic E-state index is 13.1. The maximum Gasteiger partial charge on any atom is 0.258 e. The number of nitrogens with zero attached hydrogens (tertiary/aromatic N) is 1. The molecule has 9 heteroatoms. The highest BCUT2D eigenvalue weighted by molar-refractivity contribution is 6.38. The number of halogens is 1. The summed E-state index contributed by atoms with van der Waals surface area (Å²) in [5.41, 5.74) is 5.17. The van der Waals surface area contributed by atoms with Crippen molar-refractivity contribution in [3.8, 4) is 0 Å². The van der Waals surface area contributed by atoms with Crippen LogP contribution in [-0.2, 0) is 9.59 Å². The molecule has 3 aromatic carbocycles. The monoisotopic (exact) mass is 515 g/mol. The topological polar surface area (TPSA) is 103 Å². The summed E-state index contributed by atoms with van der Waals surface area (Å²) in [5.74, 6) is -0.418. The molecule has 8 nitrogen and oxygen atoms in total. The Labute approximate surface area is 219 Å². The number of fused-ring (bicyclic) bond motifs is 1. The van der Waals surface area contributed by atoms with Gasteiger partial charge in [0, 0.05) is 60.6 Å². The van der Waals surface area contributed by atoms with Crippen LogP contribution in [0.5, 0.6) is 0 Å². The van der Waals surface area contributed by atoms with Gasteiger partial charge in [-0.1, -0.05) is 29.8 Å². The van der Waals surface area contributed by atoms with E-state index in [0.717, 1.165) is 29.9 Å². The third kappa shape index (κ3) is 5.35. The molecule has 3 amide bonds. The number of nitrogens with one attached hydrogen (secondary N) is 4. The number of benzene rings is 3. The lowest BCUT2D eigenvalue weighted by Gasteiger charge is -2.27. The summed E-state index contributed by atoms with van der Waals surface area (Å²) in [6, 6.07) is 19.8. The van der Waals surface area contributed by atoms with E-state index >= 15 is 0 Å². The van der Waals surface area contributed by atoms with Crippen molar-refractivity contribution in [3.63, 3.8) is 0 Å². The molecule has 0 aliphatic carbocycles. The van der Waals surface area contributed by atoms with E-state index in [1.54, 1.807) is 36.4 Å². The third-order valence-corrected chi connectivity index (χ3v) is 6.51. The Hall–Kier alpha value is -4.14. The average molecular weight is 516 g/mol. The second-order valence-corrected chi connectivity index (χ2v) is 9.33. The lowest BCUT2D eigenvalue weighted by Crippen LogP contribution is -2.46. The van der Waals surface area contributed by atoms with E-state index in [2.05, 4.69) is 21.3 Å². The van der Waals surface area contributed by atoms with Crippen molar-refractivity contribution in [2.75, 3.05) is 42.1 Å². The van der Waals surface area contributed by atoms with E-state index in [0.29, 0.717) is 46.3 Å². The SMILES string of the molecule is CC(=O)Nc1ccc(/C(Nc2ccc(C(=O)N3CCNCC3)cc2)=C2/C(=O)Nc3cc(Cl)ccc32)cc1.